The van der Waals surface area contributed by atoms with Crippen molar-refractivity contribution >= 4 is 39.9 Å². The molecule has 48 heavy (non-hydrogen) atoms. The summed E-state index contributed by atoms with van der Waals surface area (Å²) in [5, 5.41) is 11.4. The quantitative estimate of drug-likeness (QED) is 0.167. The Labute approximate surface area is 283 Å². The summed E-state index contributed by atoms with van der Waals surface area (Å²) in [6.45, 7) is 12.9. The van der Waals surface area contributed by atoms with Gasteiger partial charge in [0.25, 0.3) is 5.91 Å². The van der Waals surface area contributed by atoms with E-state index in [0.29, 0.717) is 25.8 Å². The van der Waals surface area contributed by atoms with Crippen LogP contribution >= 0.6 is 0 Å². The van der Waals surface area contributed by atoms with Gasteiger partial charge in [0, 0.05) is 37.6 Å². The monoisotopic (exact) mass is 649 g/mol. The predicted octanol–water partition coefficient (Wildman–Crippen LogP) is 6.14. The second-order valence-corrected chi connectivity index (χ2v) is 13.7. The first-order valence-corrected chi connectivity index (χ1v) is 17.2. The van der Waals surface area contributed by atoms with E-state index in [0.717, 1.165) is 35.0 Å². The van der Waals surface area contributed by atoms with E-state index >= 15 is 4.79 Å². The number of benzene rings is 3. The van der Waals surface area contributed by atoms with Gasteiger partial charge in [-0.1, -0.05) is 80.4 Å². The molecule has 3 saturated heterocycles. The van der Waals surface area contributed by atoms with Crippen molar-refractivity contribution < 1.29 is 24.2 Å². The number of unbranched alkanes of at least 4 members (excludes halogenated alkanes) is 3. The number of carbonyl (C=O) groups excluding carboxylic acids is 3. The minimum atomic E-state index is -1.17. The number of anilines is 2. The first-order chi connectivity index (χ1) is 23.2. The third-order valence-corrected chi connectivity index (χ3v) is 10.9. The SMILES string of the molecule is C=CCN(C(=O)C1N(CCCCCCO)C(=O)[C@@H]2[C@H](C(=O)N(CC=C)c3ccccc3)[C@@]3(C)OC12CC3C)c1ccc2ccccc2c1. The Balaban J connectivity index is 1.43. The molecule has 8 heteroatoms. The Morgan fingerprint density at radius 1 is 0.896 bits per heavy atom. The number of aliphatic hydroxyl groups excluding tert-OH is 1. The van der Waals surface area contributed by atoms with Gasteiger partial charge < -0.3 is 24.5 Å². The predicted molar refractivity (Wildman–Crippen MR) is 190 cm³/mol. The minimum absolute atomic E-state index is 0.0785. The zero-order valence-electron chi connectivity index (χ0n) is 28.1. The maximum atomic E-state index is 15.1. The van der Waals surface area contributed by atoms with Crippen LogP contribution in [0.1, 0.15) is 46.0 Å². The molecule has 1 spiro atoms. The lowest BCUT2D eigenvalue weighted by atomic mass is 9.62. The van der Waals surface area contributed by atoms with Crippen LogP contribution in [0.4, 0.5) is 11.4 Å². The van der Waals surface area contributed by atoms with Gasteiger partial charge in [-0.2, -0.15) is 0 Å². The highest BCUT2D eigenvalue weighted by atomic mass is 16.5. The molecule has 0 aromatic heterocycles. The van der Waals surface area contributed by atoms with Crippen LogP contribution in [-0.2, 0) is 19.1 Å². The maximum Gasteiger partial charge on any atom is 0.253 e. The first-order valence-electron chi connectivity index (χ1n) is 17.2. The number of para-hydroxylation sites is 1. The lowest BCUT2D eigenvalue weighted by molar-refractivity contribution is -0.145. The molecule has 8 nitrogen and oxygen atoms in total. The Morgan fingerprint density at radius 2 is 1.54 bits per heavy atom. The standard InChI is InChI=1S/C40H47N3O5/c1-5-22-41(31-18-10-9-11-19-31)36(45)33-34-37(46)43(24-14-7-8-15-25-44)35(40(34)27-28(3)39(33,4)48-40)38(47)42(23-6-2)32-21-20-29-16-12-13-17-30(29)26-32/h5-6,9-13,16-21,26,28,33-35,44H,1-2,7-8,14-15,22-25,27H2,3-4H3/t28?,33-,34+,35?,39+,40?/m1/s1. The topological polar surface area (TPSA) is 90.4 Å². The van der Waals surface area contributed by atoms with E-state index in [2.05, 4.69) is 20.1 Å². The van der Waals surface area contributed by atoms with Gasteiger partial charge in [0.15, 0.2) is 0 Å². The zero-order chi connectivity index (χ0) is 34.1. The summed E-state index contributed by atoms with van der Waals surface area (Å²) in [5.74, 6) is -2.29. The second kappa shape index (κ2) is 13.7. The second-order valence-electron chi connectivity index (χ2n) is 13.7. The number of fused-ring (bicyclic) bond motifs is 2. The van der Waals surface area contributed by atoms with Crippen molar-refractivity contribution in [2.75, 3.05) is 36.0 Å². The van der Waals surface area contributed by atoms with Crippen LogP contribution in [0.2, 0.25) is 0 Å². The summed E-state index contributed by atoms with van der Waals surface area (Å²) in [4.78, 5) is 49.8. The number of nitrogens with zero attached hydrogens (tertiary/aromatic N) is 3. The Kier molecular flexibility index (Phi) is 9.59. The molecule has 3 aliphatic rings. The van der Waals surface area contributed by atoms with Crippen LogP contribution in [0.3, 0.4) is 0 Å². The maximum absolute atomic E-state index is 15.1. The van der Waals surface area contributed by atoms with Crippen molar-refractivity contribution in [3.63, 3.8) is 0 Å². The van der Waals surface area contributed by atoms with Crippen LogP contribution in [0.25, 0.3) is 10.8 Å². The summed E-state index contributed by atoms with van der Waals surface area (Å²) in [6.07, 6.45) is 6.88. The number of likely N-dealkylation sites (tertiary alicyclic amines) is 1. The molecule has 252 valence electrons. The summed E-state index contributed by atoms with van der Waals surface area (Å²) >= 11 is 0. The fraction of sp³-hybridized carbons (Fsp3) is 0.425. The van der Waals surface area contributed by atoms with Gasteiger partial charge in [0.1, 0.15) is 11.6 Å². The van der Waals surface area contributed by atoms with Crippen molar-refractivity contribution in [2.45, 2.75) is 63.2 Å². The summed E-state index contributed by atoms with van der Waals surface area (Å²) in [5.41, 5.74) is -0.665. The molecule has 3 unspecified atom stereocenters. The van der Waals surface area contributed by atoms with E-state index in [1.165, 1.54) is 0 Å². The third kappa shape index (κ3) is 5.55. The molecule has 3 amide bonds. The van der Waals surface area contributed by atoms with Gasteiger partial charge in [-0.25, -0.2) is 0 Å². The molecule has 3 aromatic rings. The molecule has 3 aliphatic heterocycles. The Morgan fingerprint density at radius 3 is 2.23 bits per heavy atom. The largest absolute Gasteiger partial charge is 0.396 e. The molecular weight excluding hydrogens is 602 g/mol. The minimum Gasteiger partial charge on any atom is -0.396 e. The summed E-state index contributed by atoms with van der Waals surface area (Å²) in [6, 6.07) is 22.5. The molecule has 0 radical (unpaired) electrons. The lowest BCUT2D eigenvalue weighted by Crippen LogP contribution is -2.57. The van der Waals surface area contributed by atoms with E-state index in [9.17, 15) is 14.7 Å². The van der Waals surface area contributed by atoms with Crippen LogP contribution in [0.5, 0.6) is 0 Å². The average Bonchev–Trinajstić information content (AvgIpc) is 3.61. The number of carbonyl (C=O) groups is 3. The molecule has 0 saturated carbocycles. The number of hydrogen-bond acceptors (Lipinski definition) is 5. The smallest absolute Gasteiger partial charge is 0.253 e. The molecular formula is C40H47N3O5. The number of amides is 3. The van der Waals surface area contributed by atoms with Gasteiger partial charge in [-0.3, -0.25) is 14.4 Å². The van der Waals surface area contributed by atoms with Crippen LogP contribution < -0.4 is 9.80 Å². The summed E-state index contributed by atoms with van der Waals surface area (Å²) in [7, 11) is 0. The van der Waals surface area contributed by atoms with Gasteiger partial charge in [-0.05, 0) is 67.1 Å². The third-order valence-electron chi connectivity index (χ3n) is 10.9. The molecule has 2 bridgehead atoms. The van der Waals surface area contributed by atoms with Gasteiger partial charge in [-0.15, -0.1) is 13.2 Å². The molecule has 1 N–H and O–H groups in total. The van der Waals surface area contributed by atoms with E-state index < -0.39 is 29.1 Å². The van der Waals surface area contributed by atoms with Gasteiger partial charge in [0.05, 0.1) is 17.4 Å². The Bertz CT molecular complexity index is 1690. The van der Waals surface area contributed by atoms with Crippen LogP contribution in [0, 0.1) is 17.8 Å². The Hall–Kier alpha value is -4.27. The average molecular weight is 650 g/mol. The van der Waals surface area contributed by atoms with Crippen molar-refractivity contribution in [3.8, 4) is 0 Å². The number of ether oxygens (including phenoxy) is 1. The normalized spacial score (nSPS) is 27.2. The highest BCUT2D eigenvalue weighted by molar-refractivity contribution is 6.07. The van der Waals surface area contributed by atoms with Crippen molar-refractivity contribution in [1.82, 2.24) is 4.90 Å². The zero-order valence-corrected chi connectivity index (χ0v) is 28.1. The molecule has 0 aliphatic carbocycles. The molecule has 3 aromatic carbocycles. The molecule has 6 rings (SSSR count). The van der Waals surface area contributed by atoms with Crippen LogP contribution in [-0.4, -0.2) is 71.2 Å². The van der Waals surface area contributed by atoms with E-state index in [1.807, 2.05) is 79.7 Å². The number of rotatable bonds is 14. The molecule has 3 fully saturated rings. The number of aliphatic hydroxyl groups is 1. The fourth-order valence-corrected chi connectivity index (χ4v) is 8.55. The molecule has 3 heterocycles. The van der Waals surface area contributed by atoms with Crippen molar-refractivity contribution in [2.24, 2.45) is 17.8 Å². The van der Waals surface area contributed by atoms with E-state index in [-0.39, 0.29) is 43.3 Å². The van der Waals surface area contributed by atoms with Crippen LogP contribution in [0.15, 0.2) is 98.1 Å². The van der Waals surface area contributed by atoms with Gasteiger partial charge in [0.2, 0.25) is 11.8 Å². The lowest BCUT2D eigenvalue weighted by Gasteiger charge is -2.39. The summed E-state index contributed by atoms with van der Waals surface area (Å²) < 4.78 is 7.05. The molecule has 6 atom stereocenters. The van der Waals surface area contributed by atoms with Crippen molar-refractivity contribution in [3.05, 3.63) is 98.1 Å². The van der Waals surface area contributed by atoms with E-state index in [1.54, 1.807) is 26.9 Å². The van der Waals surface area contributed by atoms with Crippen molar-refractivity contribution in [1.29, 1.82) is 0 Å². The fourth-order valence-electron chi connectivity index (χ4n) is 8.55. The number of hydrogen-bond donors (Lipinski definition) is 1. The highest BCUT2D eigenvalue weighted by Gasteiger charge is 2.80. The first kappa shape index (κ1) is 33.6. The van der Waals surface area contributed by atoms with Gasteiger partial charge >= 0.3 is 0 Å². The van der Waals surface area contributed by atoms with E-state index in [4.69, 9.17) is 4.74 Å². The highest BCUT2D eigenvalue weighted by Crippen LogP contribution is 2.65.